The number of hydrogen-bond acceptors (Lipinski definition) is 8. The van der Waals surface area contributed by atoms with Crippen molar-refractivity contribution in [3.05, 3.63) is 82.6 Å². The topological polar surface area (TPSA) is 102 Å². The van der Waals surface area contributed by atoms with Crippen molar-refractivity contribution in [2.75, 3.05) is 18.1 Å². The molecular formula is C28H24ClN3O5S. The van der Waals surface area contributed by atoms with Gasteiger partial charge in [0, 0.05) is 23.0 Å². The van der Waals surface area contributed by atoms with Gasteiger partial charge in [-0.05, 0) is 61.4 Å². The molecule has 0 aliphatic carbocycles. The summed E-state index contributed by atoms with van der Waals surface area (Å²) in [5.41, 5.74) is 1.52. The lowest BCUT2D eigenvalue weighted by Crippen LogP contribution is -2.29. The minimum absolute atomic E-state index is 0.0526. The molecule has 10 heteroatoms. The summed E-state index contributed by atoms with van der Waals surface area (Å²) in [4.78, 5) is 36.9. The second-order valence-electron chi connectivity index (χ2n) is 8.50. The summed E-state index contributed by atoms with van der Waals surface area (Å²) in [6.45, 7) is 4.76. The van der Waals surface area contributed by atoms with E-state index in [0.29, 0.717) is 51.5 Å². The third-order valence-electron chi connectivity index (χ3n) is 5.99. The van der Waals surface area contributed by atoms with E-state index in [4.69, 9.17) is 21.1 Å². The van der Waals surface area contributed by atoms with Crippen molar-refractivity contribution < 1.29 is 24.2 Å². The molecule has 0 radical (unpaired) electrons. The summed E-state index contributed by atoms with van der Waals surface area (Å²) >= 11 is 7.41. The van der Waals surface area contributed by atoms with Crippen LogP contribution in [0.5, 0.6) is 11.5 Å². The van der Waals surface area contributed by atoms with E-state index in [0.717, 1.165) is 11.1 Å². The molecule has 1 unspecified atom stereocenters. The molecule has 1 amide bonds. The summed E-state index contributed by atoms with van der Waals surface area (Å²) < 4.78 is 12.4. The first-order chi connectivity index (χ1) is 18.4. The van der Waals surface area contributed by atoms with Gasteiger partial charge in [-0.25, -0.2) is 4.98 Å². The molecule has 5 rings (SSSR count). The molecule has 0 bridgehead atoms. The zero-order valence-electron chi connectivity index (χ0n) is 20.7. The number of aromatic nitrogens is 2. The number of fused-ring (bicyclic) bond motifs is 1. The third-order valence-corrected chi connectivity index (χ3v) is 7.24. The van der Waals surface area contributed by atoms with E-state index in [-0.39, 0.29) is 11.3 Å². The van der Waals surface area contributed by atoms with Gasteiger partial charge >= 0.3 is 5.91 Å². The number of aliphatic hydroxyl groups excluding tert-OH is 1. The first-order valence-corrected chi connectivity index (χ1v) is 13.3. The van der Waals surface area contributed by atoms with Gasteiger partial charge in [0.2, 0.25) is 0 Å². The van der Waals surface area contributed by atoms with E-state index >= 15 is 0 Å². The van der Waals surface area contributed by atoms with E-state index in [1.54, 1.807) is 48.5 Å². The fourth-order valence-electron chi connectivity index (χ4n) is 4.29. The maximum atomic E-state index is 13.5. The van der Waals surface area contributed by atoms with Crippen LogP contribution in [-0.4, -0.2) is 40.0 Å². The summed E-state index contributed by atoms with van der Waals surface area (Å²) in [5, 5.41) is 12.1. The number of anilines is 1. The van der Waals surface area contributed by atoms with Crippen LogP contribution in [-0.2, 0) is 9.59 Å². The Morgan fingerprint density at radius 3 is 2.58 bits per heavy atom. The number of amides is 1. The highest BCUT2D eigenvalue weighted by Crippen LogP contribution is 2.46. The lowest BCUT2D eigenvalue weighted by atomic mass is 9.95. The van der Waals surface area contributed by atoms with Crippen LogP contribution in [0.25, 0.3) is 16.0 Å². The first-order valence-electron chi connectivity index (χ1n) is 12.1. The van der Waals surface area contributed by atoms with Crippen LogP contribution >= 0.6 is 22.9 Å². The van der Waals surface area contributed by atoms with Crippen molar-refractivity contribution in [2.45, 2.75) is 26.3 Å². The van der Waals surface area contributed by atoms with E-state index < -0.39 is 17.7 Å². The molecule has 1 aliphatic heterocycles. The van der Waals surface area contributed by atoms with Crippen molar-refractivity contribution >= 4 is 55.7 Å². The highest BCUT2D eigenvalue weighted by molar-refractivity contribution is 7.22. The number of ketones is 1. The van der Waals surface area contributed by atoms with Gasteiger partial charge < -0.3 is 14.6 Å². The highest BCUT2D eigenvalue weighted by Gasteiger charge is 2.48. The average molecular weight is 550 g/mol. The summed E-state index contributed by atoms with van der Waals surface area (Å²) in [5.74, 6) is -0.875. The Morgan fingerprint density at radius 1 is 1.05 bits per heavy atom. The lowest BCUT2D eigenvalue weighted by Gasteiger charge is -2.24. The number of carbonyl (C=O) groups is 2. The maximum absolute atomic E-state index is 13.5. The molecule has 2 aromatic heterocycles. The van der Waals surface area contributed by atoms with Gasteiger partial charge in [-0.15, -0.1) is 0 Å². The summed E-state index contributed by atoms with van der Waals surface area (Å²) in [6, 6.07) is 12.7. The number of rotatable bonds is 8. The number of halogens is 1. The fourth-order valence-corrected chi connectivity index (χ4v) is 5.56. The number of thiazole rings is 1. The molecule has 1 fully saturated rings. The minimum Gasteiger partial charge on any atom is -0.507 e. The van der Waals surface area contributed by atoms with Crippen molar-refractivity contribution in [3.63, 3.8) is 0 Å². The number of benzene rings is 2. The molecule has 1 N–H and O–H groups in total. The smallest absolute Gasteiger partial charge is 0.301 e. The number of pyridine rings is 1. The van der Waals surface area contributed by atoms with Gasteiger partial charge in [0.25, 0.3) is 5.78 Å². The zero-order chi connectivity index (χ0) is 26.8. The molecular weight excluding hydrogens is 526 g/mol. The number of ether oxygens (including phenoxy) is 2. The van der Waals surface area contributed by atoms with Crippen molar-refractivity contribution in [1.29, 1.82) is 0 Å². The van der Waals surface area contributed by atoms with Crippen LogP contribution in [0.1, 0.15) is 37.4 Å². The molecule has 3 heterocycles. The Kier molecular flexibility index (Phi) is 7.31. The maximum Gasteiger partial charge on any atom is 0.301 e. The van der Waals surface area contributed by atoms with Gasteiger partial charge in [0.15, 0.2) is 16.6 Å². The predicted molar refractivity (Wildman–Crippen MR) is 147 cm³/mol. The van der Waals surface area contributed by atoms with E-state index in [1.807, 2.05) is 13.8 Å². The lowest BCUT2D eigenvalue weighted by molar-refractivity contribution is -0.132. The number of aliphatic hydroxyl groups is 1. The fraction of sp³-hybridized carbons (Fsp3) is 0.214. The predicted octanol–water partition coefficient (Wildman–Crippen LogP) is 6.16. The van der Waals surface area contributed by atoms with Gasteiger partial charge in [-0.1, -0.05) is 35.9 Å². The molecule has 8 nitrogen and oxygen atoms in total. The van der Waals surface area contributed by atoms with Gasteiger partial charge in [-0.3, -0.25) is 19.5 Å². The second-order valence-corrected chi connectivity index (χ2v) is 9.95. The normalized spacial score (nSPS) is 16.8. The van der Waals surface area contributed by atoms with E-state index in [9.17, 15) is 14.7 Å². The average Bonchev–Trinajstić information content (AvgIpc) is 3.45. The van der Waals surface area contributed by atoms with Gasteiger partial charge in [0.05, 0.1) is 35.0 Å². The monoisotopic (exact) mass is 549 g/mol. The van der Waals surface area contributed by atoms with E-state index in [2.05, 4.69) is 9.97 Å². The van der Waals surface area contributed by atoms with Crippen LogP contribution in [0, 0.1) is 0 Å². The Morgan fingerprint density at radius 2 is 1.84 bits per heavy atom. The zero-order valence-corrected chi connectivity index (χ0v) is 22.3. The minimum atomic E-state index is -0.960. The molecule has 0 spiro atoms. The summed E-state index contributed by atoms with van der Waals surface area (Å²) in [6.07, 6.45) is 3.83. The standard InChI is InChI=1S/C28H24ClN3O5S/c1-3-13-37-20-8-5-17(14-21(20)36-4-2)24-23(25(33)16-9-11-30-12-10-16)26(34)27(35)32(24)28-31-19-7-6-18(29)15-22(19)38-28/h5-12,14-15,24,33H,3-4,13H2,1-2H3. The quantitative estimate of drug-likeness (QED) is 0.159. The molecule has 1 saturated heterocycles. The van der Waals surface area contributed by atoms with Crippen LogP contribution in [0.2, 0.25) is 5.02 Å². The van der Waals surface area contributed by atoms with Crippen LogP contribution in [0.15, 0.2) is 66.5 Å². The Bertz CT molecular complexity index is 1550. The van der Waals surface area contributed by atoms with E-state index in [1.165, 1.54) is 28.6 Å². The molecule has 4 aromatic rings. The van der Waals surface area contributed by atoms with Crippen LogP contribution < -0.4 is 14.4 Å². The number of hydrogen-bond donors (Lipinski definition) is 1. The largest absolute Gasteiger partial charge is 0.507 e. The van der Waals surface area contributed by atoms with Gasteiger partial charge in [-0.2, -0.15) is 0 Å². The first kappa shape index (κ1) is 25.7. The number of carbonyl (C=O) groups excluding carboxylic acids is 2. The highest BCUT2D eigenvalue weighted by atomic mass is 35.5. The summed E-state index contributed by atoms with van der Waals surface area (Å²) in [7, 11) is 0. The van der Waals surface area contributed by atoms with Crippen LogP contribution in [0.4, 0.5) is 5.13 Å². The SMILES string of the molecule is CCCOc1ccc(C2C(=C(O)c3ccncc3)C(=O)C(=O)N2c2nc3ccc(Cl)cc3s2)cc1OCC. The number of Topliss-reactive ketones (excluding diaryl/α,β-unsaturated/α-hetero) is 1. The van der Waals surface area contributed by atoms with Crippen molar-refractivity contribution in [3.8, 4) is 11.5 Å². The van der Waals surface area contributed by atoms with Crippen LogP contribution in [0.3, 0.4) is 0 Å². The Hall–Kier alpha value is -3.95. The van der Waals surface area contributed by atoms with Gasteiger partial charge in [0.1, 0.15) is 5.76 Å². The van der Waals surface area contributed by atoms with Crippen molar-refractivity contribution in [1.82, 2.24) is 9.97 Å². The molecule has 0 saturated carbocycles. The third kappa shape index (κ3) is 4.70. The molecule has 1 atom stereocenters. The van der Waals surface area contributed by atoms with Crippen molar-refractivity contribution in [2.24, 2.45) is 0 Å². The molecule has 2 aromatic carbocycles. The second kappa shape index (κ2) is 10.8. The Labute approximate surface area is 228 Å². The molecule has 38 heavy (non-hydrogen) atoms. The molecule has 1 aliphatic rings. The number of nitrogens with zero attached hydrogens (tertiary/aromatic N) is 3. The molecule has 194 valence electrons. The Balaban J connectivity index is 1.71.